The Hall–Kier alpha value is -1.61. The molecule has 0 radical (unpaired) electrons. The molecule has 0 atom stereocenters. The number of thiophene rings is 2. The number of hydrogen-bond acceptors (Lipinski definition) is 4. The number of nitrogens with zero attached hydrogens (tertiary/aromatic N) is 1. The largest absolute Gasteiger partial charge is 0.384 e. The number of hydrogen-bond donors (Lipinski definition) is 1. The van der Waals surface area contributed by atoms with E-state index < -0.39 is 0 Å². The molecule has 0 fully saturated rings. The van der Waals surface area contributed by atoms with E-state index >= 15 is 0 Å². The Balaban J connectivity index is 2.02. The third kappa shape index (κ3) is 3.70. The molecule has 0 bridgehead atoms. The van der Waals surface area contributed by atoms with Gasteiger partial charge in [-0.2, -0.15) is 0 Å². The topological polar surface area (TPSA) is 40.5 Å². The minimum absolute atomic E-state index is 0.0392. The van der Waals surface area contributed by atoms with Crippen LogP contribution in [-0.2, 0) is 6.54 Å². The number of amides is 1. The number of aliphatic hydroxyl groups is 1. The normalized spacial score (nSPS) is 9.95. The number of rotatable bonds is 3. The van der Waals surface area contributed by atoms with Crippen LogP contribution in [0.2, 0.25) is 0 Å². The summed E-state index contributed by atoms with van der Waals surface area (Å²) in [4.78, 5) is 16.7. The molecule has 2 heterocycles. The van der Waals surface area contributed by atoms with Crippen LogP contribution in [0.15, 0.2) is 23.6 Å². The maximum absolute atomic E-state index is 12.2. The predicted molar refractivity (Wildman–Crippen MR) is 83.1 cm³/mol. The summed E-state index contributed by atoms with van der Waals surface area (Å²) >= 11 is 3.04. The highest BCUT2D eigenvalue weighted by atomic mass is 32.1. The van der Waals surface area contributed by atoms with Crippen LogP contribution in [-0.4, -0.2) is 29.6 Å². The second-order valence-electron chi connectivity index (χ2n) is 4.35. The molecule has 5 heteroatoms. The first kappa shape index (κ1) is 14.8. The molecule has 0 aliphatic rings. The van der Waals surface area contributed by atoms with E-state index in [1.165, 1.54) is 22.7 Å². The number of aryl methyl sites for hydroxylation is 1. The van der Waals surface area contributed by atoms with Gasteiger partial charge in [0.2, 0.25) is 0 Å². The Kier molecular flexibility index (Phi) is 4.96. The lowest BCUT2D eigenvalue weighted by Crippen LogP contribution is -2.25. The molecule has 3 nitrogen and oxygen atoms in total. The van der Waals surface area contributed by atoms with Crippen LogP contribution < -0.4 is 0 Å². The summed E-state index contributed by atoms with van der Waals surface area (Å²) in [6.07, 6.45) is 0. The molecule has 2 aromatic heterocycles. The van der Waals surface area contributed by atoms with Crippen LogP contribution in [0.5, 0.6) is 0 Å². The van der Waals surface area contributed by atoms with Gasteiger partial charge in [-0.3, -0.25) is 4.79 Å². The van der Waals surface area contributed by atoms with Crippen LogP contribution in [0.3, 0.4) is 0 Å². The minimum Gasteiger partial charge on any atom is -0.384 e. The average Bonchev–Trinajstić information content (AvgIpc) is 3.04. The van der Waals surface area contributed by atoms with Crippen LogP contribution in [0, 0.1) is 18.8 Å². The monoisotopic (exact) mass is 305 g/mol. The molecule has 104 valence electrons. The SMILES string of the molecule is Cc1ccc(C(=O)N(C)Cc2csc(C#CCO)c2)s1. The summed E-state index contributed by atoms with van der Waals surface area (Å²) in [6.45, 7) is 2.42. The fraction of sp³-hybridized carbons (Fsp3) is 0.267. The Bertz CT molecular complexity index is 661. The van der Waals surface area contributed by atoms with Crippen LogP contribution in [0.25, 0.3) is 0 Å². The fourth-order valence-electron chi connectivity index (χ4n) is 1.73. The van der Waals surface area contributed by atoms with Crippen molar-refractivity contribution in [1.82, 2.24) is 4.90 Å². The lowest BCUT2D eigenvalue weighted by atomic mass is 10.3. The van der Waals surface area contributed by atoms with Crippen molar-refractivity contribution in [2.24, 2.45) is 0 Å². The summed E-state index contributed by atoms with van der Waals surface area (Å²) in [5.74, 6) is 5.53. The number of carbonyl (C=O) groups excluding carboxylic acids is 1. The molecule has 2 aromatic rings. The molecule has 0 aromatic carbocycles. The third-order valence-electron chi connectivity index (χ3n) is 2.66. The van der Waals surface area contributed by atoms with E-state index in [1.54, 1.807) is 11.9 Å². The molecule has 0 saturated carbocycles. The Morgan fingerprint density at radius 2 is 2.25 bits per heavy atom. The molecule has 0 aliphatic carbocycles. The minimum atomic E-state index is -0.136. The van der Waals surface area contributed by atoms with Gasteiger partial charge in [-0.05, 0) is 36.1 Å². The Labute approximate surface area is 126 Å². The molecular weight excluding hydrogens is 290 g/mol. The fourth-order valence-corrected chi connectivity index (χ4v) is 3.37. The number of aliphatic hydroxyl groups excluding tert-OH is 1. The standard InChI is InChI=1S/C15H15NO2S2/c1-11-5-6-14(20-11)15(18)16(2)9-12-8-13(19-10-12)4-3-7-17/h5-6,8,10,17H,7,9H2,1-2H3. The van der Waals surface area contributed by atoms with Gasteiger partial charge in [0, 0.05) is 18.5 Å². The van der Waals surface area contributed by atoms with Gasteiger partial charge < -0.3 is 10.0 Å². The van der Waals surface area contributed by atoms with Crippen molar-refractivity contribution >= 4 is 28.6 Å². The molecule has 0 spiro atoms. The van der Waals surface area contributed by atoms with E-state index in [0.717, 1.165) is 20.2 Å². The van der Waals surface area contributed by atoms with Gasteiger partial charge in [0.1, 0.15) is 6.61 Å². The summed E-state index contributed by atoms with van der Waals surface area (Å²) < 4.78 is 0. The zero-order chi connectivity index (χ0) is 14.5. The van der Waals surface area contributed by atoms with Gasteiger partial charge in [-0.25, -0.2) is 0 Å². The first-order valence-corrected chi connectivity index (χ1v) is 7.79. The molecule has 0 unspecified atom stereocenters. The molecule has 1 amide bonds. The van der Waals surface area contributed by atoms with E-state index in [4.69, 9.17) is 5.11 Å². The zero-order valence-corrected chi connectivity index (χ0v) is 13.0. The first-order valence-electron chi connectivity index (χ1n) is 6.09. The van der Waals surface area contributed by atoms with Gasteiger partial charge >= 0.3 is 0 Å². The Morgan fingerprint density at radius 1 is 1.45 bits per heavy atom. The number of carbonyl (C=O) groups is 1. The zero-order valence-electron chi connectivity index (χ0n) is 11.3. The van der Waals surface area contributed by atoms with Crippen molar-refractivity contribution in [2.45, 2.75) is 13.5 Å². The van der Waals surface area contributed by atoms with Gasteiger partial charge in [-0.15, -0.1) is 22.7 Å². The summed E-state index contributed by atoms with van der Waals surface area (Å²) in [5, 5.41) is 10.7. The van der Waals surface area contributed by atoms with Crippen LogP contribution in [0.1, 0.15) is 25.0 Å². The van der Waals surface area contributed by atoms with Crippen molar-refractivity contribution in [3.05, 3.63) is 43.8 Å². The highest BCUT2D eigenvalue weighted by Crippen LogP contribution is 2.19. The van der Waals surface area contributed by atoms with Crippen molar-refractivity contribution in [2.75, 3.05) is 13.7 Å². The third-order valence-corrected chi connectivity index (χ3v) is 4.55. The maximum Gasteiger partial charge on any atom is 0.263 e. The van der Waals surface area contributed by atoms with Crippen molar-refractivity contribution < 1.29 is 9.90 Å². The van der Waals surface area contributed by atoms with Crippen molar-refractivity contribution in [3.8, 4) is 11.8 Å². The summed E-state index contributed by atoms with van der Waals surface area (Å²) in [5.41, 5.74) is 1.06. The highest BCUT2D eigenvalue weighted by molar-refractivity contribution is 7.13. The van der Waals surface area contributed by atoms with E-state index in [-0.39, 0.29) is 12.5 Å². The molecule has 1 N–H and O–H groups in total. The van der Waals surface area contributed by atoms with Crippen molar-refractivity contribution in [3.63, 3.8) is 0 Å². The molecule has 20 heavy (non-hydrogen) atoms. The van der Waals surface area contributed by atoms with Gasteiger partial charge in [0.15, 0.2) is 0 Å². The lowest BCUT2D eigenvalue weighted by molar-refractivity contribution is 0.0790. The van der Waals surface area contributed by atoms with E-state index in [0.29, 0.717) is 6.54 Å². The van der Waals surface area contributed by atoms with Gasteiger partial charge in [-0.1, -0.05) is 11.8 Å². The van der Waals surface area contributed by atoms with E-state index in [9.17, 15) is 4.79 Å². The van der Waals surface area contributed by atoms with Gasteiger partial charge in [0.25, 0.3) is 5.91 Å². The average molecular weight is 305 g/mol. The van der Waals surface area contributed by atoms with E-state index in [2.05, 4.69) is 11.8 Å². The smallest absolute Gasteiger partial charge is 0.263 e. The molecule has 2 rings (SSSR count). The van der Waals surface area contributed by atoms with Crippen LogP contribution >= 0.6 is 22.7 Å². The summed E-state index contributed by atoms with van der Waals surface area (Å²) in [6, 6.07) is 5.78. The van der Waals surface area contributed by atoms with Crippen LogP contribution in [0.4, 0.5) is 0 Å². The van der Waals surface area contributed by atoms with Crippen molar-refractivity contribution in [1.29, 1.82) is 0 Å². The lowest BCUT2D eigenvalue weighted by Gasteiger charge is -2.15. The van der Waals surface area contributed by atoms with E-state index in [1.807, 2.05) is 30.5 Å². The molecule has 0 saturated heterocycles. The van der Waals surface area contributed by atoms with Gasteiger partial charge in [0.05, 0.1) is 9.75 Å². The Morgan fingerprint density at radius 3 is 2.90 bits per heavy atom. The second-order valence-corrected chi connectivity index (χ2v) is 6.55. The first-order chi connectivity index (χ1) is 9.60. The maximum atomic E-state index is 12.2. The molecular formula is C15H15NO2S2. The second kappa shape index (κ2) is 6.71. The molecule has 0 aliphatic heterocycles. The quantitative estimate of drug-likeness (QED) is 0.886. The predicted octanol–water partition coefficient (Wildman–Crippen LogP) is 2.73. The highest BCUT2D eigenvalue weighted by Gasteiger charge is 2.14. The summed E-state index contributed by atoms with van der Waals surface area (Å²) in [7, 11) is 1.80.